The molecule has 124 valence electrons. The smallest absolute Gasteiger partial charge is 0.238 e. The molecule has 1 unspecified atom stereocenters. The van der Waals surface area contributed by atoms with E-state index in [0.29, 0.717) is 5.02 Å². The number of para-hydroxylation sites is 1. The Balaban J connectivity index is 1.60. The summed E-state index contributed by atoms with van der Waals surface area (Å²) >= 11 is 5.97. The summed E-state index contributed by atoms with van der Waals surface area (Å²) in [7, 11) is 0. The molecule has 5 heteroatoms. The molecule has 1 heterocycles. The Kier molecular flexibility index (Phi) is 4.88. The third kappa shape index (κ3) is 3.78. The lowest BCUT2D eigenvalue weighted by atomic mass is 10.2. The Hall–Kier alpha value is -2.30. The molecule has 1 amide bonds. The summed E-state index contributed by atoms with van der Waals surface area (Å²) in [6.45, 7) is 4.08. The zero-order chi connectivity index (χ0) is 17.1. The van der Waals surface area contributed by atoms with Gasteiger partial charge >= 0.3 is 0 Å². The van der Waals surface area contributed by atoms with Gasteiger partial charge in [-0.05, 0) is 43.7 Å². The van der Waals surface area contributed by atoms with E-state index in [0.717, 1.165) is 28.0 Å². The Bertz CT molecular complexity index is 840. The minimum Gasteiger partial charge on any atom is -0.459 e. The Morgan fingerprint density at radius 1 is 1.21 bits per heavy atom. The van der Waals surface area contributed by atoms with Gasteiger partial charge in [-0.15, -0.1) is 0 Å². The number of hydrogen-bond acceptors (Lipinski definition) is 3. The summed E-state index contributed by atoms with van der Waals surface area (Å²) in [5.74, 6) is 0.686. The average Bonchev–Trinajstić information content (AvgIpc) is 3.00. The molecule has 24 heavy (non-hydrogen) atoms. The maximum Gasteiger partial charge on any atom is 0.238 e. The molecule has 0 aliphatic rings. The lowest BCUT2D eigenvalue weighted by molar-refractivity contribution is -0.115. The normalized spacial score (nSPS) is 12.3. The second-order valence-electron chi connectivity index (χ2n) is 5.80. The summed E-state index contributed by atoms with van der Waals surface area (Å²) in [5.41, 5.74) is 2.55. The van der Waals surface area contributed by atoms with Crippen LogP contribution in [0, 0.1) is 6.92 Å². The largest absolute Gasteiger partial charge is 0.459 e. The van der Waals surface area contributed by atoms with E-state index in [-0.39, 0.29) is 18.5 Å². The number of hydrogen-bond donors (Lipinski definition) is 2. The van der Waals surface area contributed by atoms with Crippen molar-refractivity contribution in [2.24, 2.45) is 0 Å². The van der Waals surface area contributed by atoms with Gasteiger partial charge in [0.1, 0.15) is 11.3 Å². The molecular formula is C19H19ClN2O2. The Labute approximate surface area is 145 Å². The molecule has 0 fully saturated rings. The molecule has 3 aromatic rings. The number of nitrogens with one attached hydrogen (secondary N) is 2. The fraction of sp³-hybridized carbons (Fsp3) is 0.211. The van der Waals surface area contributed by atoms with Crippen molar-refractivity contribution in [3.63, 3.8) is 0 Å². The fourth-order valence-corrected chi connectivity index (χ4v) is 2.66. The van der Waals surface area contributed by atoms with Crippen LogP contribution < -0.4 is 10.6 Å². The highest BCUT2D eigenvalue weighted by molar-refractivity contribution is 6.31. The van der Waals surface area contributed by atoms with E-state index in [1.807, 2.05) is 50.2 Å². The molecule has 2 N–H and O–H groups in total. The minimum atomic E-state index is -0.122. The van der Waals surface area contributed by atoms with Crippen LogP contribution in [0.3, 0.4) is 0 Å². The van der Waals surface area contributed by atoms with Gasteiger partial charge in [0, 0.05) is 16.1 Å². The van der Waals surface area contributed by atoms with E-state index in [4.69, 9.17) is 16.0 Å². The highest BCUT2D eigenvalue weighted by Crippen LogP contribution is 2.23. The lowest BCUT2D eigenvalue weighted by Crippen LogP contribution is -2.30. The molecule has 0 saturated heterocycles. The second kappa shape index (κ2) is 7.07. The van der Waals surface area contributed by atoms with Crippen LogP contribution in [0.4, 0.5) is 5.69 Å². The van der Waals surface area contributed by atoms with E-state index >= 15 is 0 Å². The number of rotatable bonds is 5. The molecule has 1 atom stereocenters. The van der Waals surface area contributed by atoms with Gasteiger partial charge in [0.25, 0.3) is 0 Å². The van der Waals surface area contributed by atoms with Crippen LogP contribution in [-0.2, 0) is 4.79 Å². The van der Waals surface area contributed by atoms with Crippen molar-refractivity contribution in [1.29, 1.82) is 0 Å². The zero-order valence-corrected chi connectivity index (χ0v) is 14.4. The molecule has 0 bridgehead atoms. The fourth-order valence-electron chi connectivity index (χ4n) is 2.49. The predicted octanol–water partition coefficient (Wildman–Crippen LogP) is 4.68. The van der Waals surface area contributed by atoms with E-state index in [9.17, 15) is 4.79 Å². The molecular weight excluding hydrogens is 324 g/mol. The van der Waals surface area contributed by atoms with Gasteiger partial charge in [-0.3, -0.25) is 10.1 Å². The predicted molar refractivity (Wildman–Crippen MR) is 97.5 cm³/mol. The SMILES string of the molecule is Cc1ccc(Cl)cc1NC(=O)CNC(C)c1cc2ccccc2o1. The summed E-state index contributed by atoms with van der Waals surface area (Å²) < 4.78 is 5.80. The van der Waals surface area contributed by atoms with Crippen molar-refractivity contribution in [1.82, 2.24) is 5.32 Å². The maximum absolute atomic E-state index is 12.1. The van der Waals surface area contributed by atoms with Crippen molar-refractivity contribution in [2.75, 3.05) is 11.9 Å². The number of anilines is 1. The maximum atomic E-state index is 12.1. The first-order chi connectivity index (χ1) is 11.5. The number of fused-ring (bicyclic) bond motifs is 1. The molecule has 0 radical (unpaired) electrons. The van der Waals surface area contributed by atoms with Crippen LogP contribution in [0.1, 0.15) is 24.3 Å². The van der Waals surface area contributed by atoms with Gasteiger partial charge in [0.2, 0.25) is 5.91 Å². The van der Waals surface area contributed by atoms with Crippen LogP contribution in [0.15, 0.2) is 52.9 Å². The first-order valence-electron chi connectivity index (χ1n) is 7.81. The molecule has 3 rings (SSSR count). The third-order valence-electron chi connectivity index (χ3n) is 3.91. The number of carbonyl (C=O) groups is 1. The van der Waals surface area contributed by atoms with Gasteiger partial charge in [-0.1, -0.05) is 35.9 Å². The quantitative estimate of drug-likeness (QED) is 0.707. The molecule has 0 aliphatic carbocycles. The number of halogens is 1. The molecule has 4 nitrogen and oxygen atoms in total. The average molecular weight is 343 g/mol. The van der Waals surface area contributed by atoms with Crippen LogP contribution in [0.5, 0.6) is 0 Å². The standard InChI is InChI=1S/C19H19ClN2O2/c1-12-7-8-15(20)10-16(12)22-19(23)11-21-13(2)18-9-14-5-3-4-6-17(14)24-18/h3-10,13,21H,11H2,1-2H3,(H,22,23). The number of carbonyl (C=O) groups excluding carboxylic acids is 1. The van der Waals surface area contributed by atoms with Crippen molar-refractivity contribution >= 4 is 34.2 Å². The first-order valence-corrected chi connectivity index (χ1v) is 8.18. The summed E-state index contributed by atoms with van der Waals surface area (Å²) in [6, 6.07) is 15.2. The number of aryl methyl sites for hydroxylation is 1. The summed E-state index contributed by atoms with van der Waals surface area (Å²) in [6.07, 6.45) is 0. The summed E-state index contributed by atoms with van der Waals surface area (Å²) in [5, 5.41) is 7.70. The van der Waals surface area contributed by atoms with E-state index in [1.54, 1.807) is 12.1 Å². The van der Waals surface area contributed by atoms with Gasteiger partial charge in [-0.2, -0.15) is 0 Å². The molecule has 0 spiro atoms. The summed E-state index contributed by atoms with van der Waals surface area (Å²) in [4.78, 5) is 12.1. The molecule has 0 saturated carbocycles. The topological polar surface area (TPSA) is 54.3 Å². The first kappa shape index (κ1) is 16.6. The van der Waals surface area contributed by atoms with E-state index < -0.39 is 0 Å². The van der Waals surface area contributed by atoms with Gasteiger partial charge in [-0.25, -0.2) is 0 Å². The second-order valence-corrected chi connectivity index (χ2v) is 6.23. The van der Waals surface area contributed by atoms with Crippen LogP contribution >= 0.6 is 11.6 Å². The molecule has 2 aromatic carbocycles. The van der Waals surface area contributed by atoms with Gasteiger partial charge in [0.15, 0.2) is 0 Å². The van der Waals surface area contributed by atoms with Crippen LogP contribution in [-0.4, -0.2) is 12.5 Å². The van der Waals surface area contributed by atoms with E-state index in [1.165, 1.54) is 0 Å². The number of furan rings is 1. The molecule has 0 aliphatic heterocycles. The van der Waals surface area contributed by atoms with Crippen molar-refractivity contribution < 1.29 is 9.21 Å². The van der Waals surface area contributed by atoms with Gasteiger partial charge in [0.05, 0.1) is 12.6 Å². The molecule has 1 aromatic heterocycles. The zero-order valence-electron chi connectivity index (χ0n) is 13.6. The van der Waals surface area contributed by atoms with Crippen molar-refractivity contribution in [3.8, 4) is 0 Å². The van der Waals surface area contributed by atoms with E-state index in [2.05, 4.69) is 10.6 Å². The number of benzene rings is 2. The van der Waals surface area contributed by atoms with Crippen LogP contribution in [0.25, 0.3) is 11.0 Å². The van der Waals surface area contributed by atoms with Crippen molar-refractivity contribution in [3.05, 3.63) is 64.9 Å². The minimum absolute atomic E-state index is 0.0661. The van der Waals surface area contributed by atoms with Crippen LogP contribution in [0.2, 0.25) is 5.02 Å². The Morgan fingerprint density at radius 2 is 2.00 bits per heavy atom. The highest BCUT2D eigenvalue weighted by Gasteiger charge is 2.13. The monoisotopic (exact) mass is 342 g/mol. The lowest BCUT2D eigenvalue weighted by Gasteiger charge is -2.12. The van der Waals surface area contributed by atoms with Gasteiger partial charge < -0.3 is 9.73 Å². The Morgan fingerprint density at radius 3 is 2.79 bits per heavy atom. The third-order valence-corrected chi connectivity index (χ3v) is 4.15. The van der Waals surface area contributed by atoms with Crippen molar-refractivity contribution in [2.45, 2.75) is 19.9 Å². The number of amides is 1. The highest BCUT2D eigenvalue weighted by atomic mass is 35.5.